The second-order valence-corrected chi connectivity index (χ2v) is 9.56. The maximum Gasteiger partial charge on any atom is 0.419 e. The third kappa shape index (κ3) is 6.79. The van der Waals surface area contributed by atoms with Gasteiger partial charge in [-0.05, 0) is 66.1 Å². The lowest BCUT2D eigenvalue weighted by atomic mass is 9.93. The van der Waals surface area contributed by atoms with Gasteiger partial charge in [-0.1, -0.05) is 26.0 Å². The van der Waals surface area contributed by atoms with Crippen LogP contribution in [-0.4, -0.2) is 23.0 Å². The van der Waals surface area contributed by atoms with Crippen molar-refractivity contribution in [2.75, 3.05) is 11.9 Å². The van der Waals surface area contributed by atoms with E-state index in [0.717, 1.165) is 6.07 Å². The van der Waals surface area contributed by atoms with Crippen LogP contribution in [0.15, 0.2) is 54.0 Å². The number of hydrogen-bond acceptors (Lipinski definition) is 5. The maximum atomic E-state index is 13.8. The molecule has 0 bridgehead atoms. The van der Waals surface area contributed by atoms with Crippen molar-refractivity contribution < 1.29 is 22.7 Å². The van der Waals surface area contributed by atoms with Gasteiger partial charge in [0.2, 0.25) is 0 Å². The fourth-order valence-electron chi connectivity index (χ4n) is 3.56. The molecule has 9 heteroatoms. The number of benzene rings is 1. The van der Waals surface area contributed by atoms with Gasteiger partial charge in [0.25, 0.3) is 5.91 Å². The first-order valence-electron chi connectivity index (χ1n) is 10.4. The number of nitrogens with one attached hydrogen (secondary N) is 1. The zero-order valence-electron chi connectivity index (χ0n) is 18.6. The Bertz CT molecular complexity index is 1100. The Morgan fingerprint density at radius 2 is 1.91 bits per heavy atom. The average Bonchev–Trinajstić information content (AvgIpc) is 3.26. The van der Waals surface area contributed by atoms with Gasteiger partial charge >= 0.3 is 6.18 Å². The molecule has 0 spiro atoms. The molecule has 1 unspecified atom stereocenters. The molecule has 176 valence electrons. The summed E-state index contributed by atoms with van der Waals surface area (Å²) in [7, 11) is 0. The topological polar surface area (TPSA) is 77.2 Å². The van der Waals surface area contributed by atoms with Crippen LogP contribution in [0.3, 0.4) is 0 Å². The van der Waals surface area contributed by atoms with Crippen molar-refractivity contribution >= 4 is 23.1 Å². The summed E-state index contributed by atoms with van der Waals surface area (Å²) in [5.41, 5.74) is 5.35. The molecular formula is C24H26F3N3O2S. The van der Waals surface area contributed by atoms with Crippen LogP contribution in [0.2, 0.25) is 0 Å². The molecule has 0 radical (unpaired) electrons. The van der Waals surface area contributed by atoms with Crippen molar-refractivity contribution in [3.8, 4) is 16.9 Å². The van der Waals surface area contributed by atoms with E-state index in [1.165, 1.54) is 29.7 Å². The Kier molecular flexibility index (Phi) is 7.44. The van der Waals surface area contributed by atoms with E-state index in [4.69, 9.17) is 10.5 Å². The molecule has 3 N–H and O–H groups in total. The van der Waals surface area contributed by atoms with Crippen molar-refractivity contribution in [2.45, 2.75) is 38.9 Å². The van der Waals surface area contributed by atoms with Gasteiger partial charge in [0.15, 0.2) is 0 Å². The van der Waals surface area contributed by atoms with Crippen molar-refractivity contribution in [2.24, 2.45) is 11.7 Å². The van der Waals surface area contributed by atoms with E-state index in [9.17, 15) is 18.0 Å². The van der Waals surface area contributed by atoms with Gasteiger partial charge in [0, 0.05) is 11.7 Å². The second-order valence-electron chi connectivity index (χ2n) is 8.61. The van der Waals surface area contributed by atoms with E-state index in [1.807, 2.05) is 13.8 Å². The SMILES string of the molecule is CC(C)CC(C)(N)COc1ccc(-c2ccnc(NC(=O)c3cccs3)c2)cc1C(F)(F)F. The molecule has 0 aliphatic heterocycles. The molecule has 1 aromatic carbocycles. The molecule has 3 rings (SSSR count). The van der Waals surface area contributed by atoms with Crippen LogP contribution in [0, 0.1) is 5.92 Å². The van der Waals surface area contributed by atoms with Crippen LogP contribution in [0.25, 0.3) is 11.1 Å². The quantitative estimate of drug-likeness (QED) is 0.404. The fraction of sp³-hybridized carbons (Fsp3) is 0.333. The van der Waals surface area contributed by atoms with Gasteiger partial charge < -0.3 is 15.8 Å². The highest BCUT2D eigenvalue weighted by atomic mass is 32.1. The number of anilines is 1. The van der Waals surface area contributed by atoms with E-state index >= 15 is 0 Å². The first kappa shape index (κ1) is 24.7. The molecule has 3 aromatic rings. The number of pyridine rings is 1. The molecule has 5 nitrogen and oxygen atoms in total. The molecule has 1 amide bonds. The minimum atomic E-state index is -4.61. The van der Waals surface area contributed by atoms with Crippen LogP contribution in [0.5, 0.6) is 5.75 Å². The fourth-order valence-corrected chi connectivity index (χ4v) is 4.17. The molecule has 0 saturated heterocycles. The normalized spacial score (nSPS) is 13.6. The Hall–Kier alpha value is -2.91. The summed E-state index contributed by atoms with van der Waals surface area (Å²) < 4.78 is 46.9. The van der Waals surface area contributed by atoms with Gasteiger partial charge in [0.05, 0.1) is 10.4 Å². The summed E-state index contributed by atoms with van der Waals surface area (Å²) in [5.74, 6) is -0.0748. The molecule has 2 aromatic heterocycles. The van der Waals surface area contributed by atoms with Gasteiger partial charge in [0.1, 0.15) is 18.2 Å². The van der Waals surface area contributed by atoms with Crippen LogP contribution >= 0.6 is 11.3 Å². The average molecular weight is 478 g/mol. The zero-order chi connectivity index (χ0) is 24.2. The maximum absolute atomic E-state index is 13.8. The van der Waals surface area contributed by atoms with Gasteiger partial charge in [-0.3, -0.25) is 4.79 Å². The molecule has 33 heavy (non-hydrogen) atoms. The zero-order valence-corrected chi connectivity index (χ0v) is 19.4. The number of carbonyl (C=O) groups is 1. The molecule has 0 fully saturated rings. The number of thiophene rings is 1. The summed E-state index contributed by atoms with van der Waals surface area (Å²) in [6, 6.07) is 10.4. The number of nitrogens with zero attached hydrogens (tertiary/aromatic N) is 1. The number of halogens is 3. The third-order valence-corrected chi connectivity index (χ3v) is 5.67. The monoisotopic (exact) mass is 477 g/mol. The minimum Gasteiger partial charge on any atom is -0.491 e. The van der Waals surface area contributed by atoms with Gasteiger partial charge in [-0.2, -0.15) is 13.2 Å². The molecule has 0 saturated carbocycles. The summed E-state index contributed by atoms with van der Waals surface area (Å²) in [6.07, 6.45) is -2.57. The lowest BCUT2D eigenvalue weighted by Gasteiger charge is -2.27. The van der Waals surface area contributed by atoms with E-state index < -0.39 is 17.3 Å². The number of ether oxygens (including phenoxy) is 1. The van der Waals surface area contributed by atoms with E-state index in [2.05, 4.69) is 10.3 Å². The Balaban J connectivity index is 1.85. The highest BCUT2D eigenvalue weighted by Crippen LogP contribution is 2.39. The van der Waals surface area contributed by atoms with Crippen molar-refractivity contribution in [1.29, 1.82) is 0 Å². The molecular weight excluding hydrogens is 451 g/mol. The summed E-state index contributed by atoms with van der Waals surface area (Å²) >= 11 is 1.28. The Morgan fingerprint density at radius 1 is 1.18 bits per heavy atom. The number of rotatable bonds is 8. The van der Waals surface area contributed by atoms with Gasteiger partial charge in [-0.25, -0.2) is 4.98 Å². The van der Waals surface area contributed by atoms with Crippen molar-refractivity contribution in [3.63, 3.8) is 0 Å². The van der Waals surface area contributed by atoms with E-state index in [0.29, 0.717) is 22.4 Å². The van der Waals surface area contributed by atoms with Crippen molar-refractivity contribution in [3.05, 3.63) is 64.5 Å². The lowest BCUT2D eigenvalue weighted by molar-refractivity contribution is -0.139. The van der Waals surface area contributed by atoms with Crippen molar-refractivity contribution in [1.82, 2.24) is 4.98 Å². The number of nitrogens with two attached hydrogens (primary N) is 1. The first-order valence-corrected chi connectivity index (χ1v) is 11.3. The highest BCUT2D eigenvalue weighted by molar-refractivity contribution is 7.12. The smallest absolute Gasteiger partial charge is 0.419 e. The first-order chi connectivity index (χ1) is 15.4. The van der Waals surface area contributed by atoms with Crippen LogP contribution in [-0.2, 0) is 6.18 Å². The second kappa shape index (κ2) is 9.93. The minimum absolute atomic E-state index is 0.0399. The summed E-state index contributed by atoms with van der Waals surface area (Å²) in [6.45, 7) is 5.71. The van der Waals surface area contributed by atoms with E-state index in [1.54, 1.807) is 36.6 Å². The number of aromatic nitrogens is 1. The number of amides is 1. The number of hydrogen-bond donors (Lipinski definition) is 2. The molecule has 2 heterocycles. The molecule has 0 aliphatic carbocycles. The lowest BCUT2D eigenvalue weighted by Crippen LogP contribution is -2.43. The predicted molar refractivity (Wildman–Crippen MR) is 124 cm³/mol. The van der Waals surface area contributed by atoms with Crippen LogP contribution in [0.4, 0.5) is 19.0 Å². The number of carbonyl (C=O) groups excluding carboxylic acids is 1. The number of alkyl halides is 3. The Morgan fingerprint density at radius 3 is 2.55 bits per heavy atom. The third-order valence-electron chi connectivity index (χ3n) is 4.80. The summed E-state index contributed by atoms with van der Waals surface area (Å²) in [5, 5.41) is 4.44. The Labute approximate surface area is 194 Å². The molecule has 0 aliphatic rings. The van der Waals surface area contributed by atoms with Gasteiger partial charge in [-0.15, -0.1) is 11.3 Å². The largest absolute Gasteiger partial charge is 0.491 e. The highest BCUT2D eigenvalue weighted by Gasteiger charge is 2.35. The summed E-state index contributed by atoms with van der Waals surface area (Å²) in [4.78, 5) is 16.9. The predicted octanol–water partition coefficient (Wildman–Crippen LogP) is 6.22. The standard InChI is InChI=1S/C24H26F3N3O2S/c1-15(2)13-23(3,28)14-32-19-7-6-16(11-18(19)24(25,26)27)17-8-9-29-21(12-17)30-22(31)20-5-4-10-33-20/h4-12,15H,13-14,28H2,1-3H3,(H,29,30,31). The van der Waals surface area contributed by atoms with Crippen LogP contribution in [0.1, 0.15) is 42.4 Å². The van der Waals surface area contributed by atoms with E-state index in [-0.39, 0.29) is 30.0 Å². The molecule has 1 atom stereocenters. The van der Waals surface area contributed by atoms with Crippen LogP contribution < -0.4 is 15.8 Å².